The molecule has 2 aliphatic rings. The van der Waals surface area contributed by atoms with E-state index in [2.05, 4.69) is 111 Å². The van der Waals surface area contributed by atoms with Crippen molar-refractivity contribution >= 4 is 23.5 Å². The summed E-state index contributed by atoms with van der Waals surface area (Å²) in [5.41, 5.74) is 16.4. The zero-order valence-corrected chi connectivity index (χ0v) is 27.3. The highest BCUT2D eigenvalue weighted by Gasteiger charge is 2.31. The molecular formula is C38H43N3OS. The highest BCUT2D eigenvalue weighted by atomic mass is 32.2. The minimum atomic E-state index is 0.143. The molecule has 0 bridgehead atoms. The molecule has 0 radical (unpaired) electrons. The SMILES string of the molecule is CCc1c(C)c2c(c(C)c1-c1ccc(C)cc1)-c1cc(C(=O)N3CCN(Cc4ccc(C)cc4)CC3)ccc1CN2SC. The summed E-state index contributed by atoms with van der Waals surface area (Å²) in [4.78, 5) is 18.4. The first-order valence-electron chi connectivity index (χ1n) is 15.5. The highest BCUT2D eigenvalue weighted by molar-refractivity contribution is 7.99. The maximum atomic E-state index is 13.9. The molecule has 0 saturated carbocycles. The zero-order chi connectivity index (χ0) is 30.2. The van der Waals surface area contributed by atoms with Crippen LogP contribution in [0.15, 0.2) is 66.7 Å². The Kier molecular flexibility index (Phi) is 8.39. The van der Waals surface area contributed by atoms with Gasteiger partial charge in [-0.1, -0.05) is 84.6 Å². The van der Waals surface area contributed by atoms with E-state index in [9.17, 15) is 4.79 Å². The lowest BCUT2D eigenvalue weighted by Gasteiger charge is -2.37. The van der Waals surface area contributed by atoms with E-state index in [0.29, 0.717) is 0 Å². The number of benzene rings is 4. The van der Waals surface area contributed by atoms with Crippen LogP contribution in [0.25, 0.3) is 22.3 Å². The van der Waals surface area contributed by atoms with Crippen LogP contribution >= 0.6 is 11.9 Å². The van der Waals surface area contributed by atoms with Crippen molar-refractivity contribution in [1.82, 2.24) is 9.80 Å². The second-order valence-corrected chi connectivity index (χ2v) is 13.0. The number of rotatable bonds is 6. The number of carbonyl (C=O) groups excluding carboxylic acids is 1. The molecule has 0 atom stereocenters. The molecule has 1 amide bonds. The van der Waals surface area contributed by atoms with E-state index < -0.39 is 0 Å². The van der Waals surface area contributed by atoms with Gasteiger partial charge in [-0.2, -0.15) is 0 Å². The van der Waals surface area contributed by atoms with Crippen LogP contribution in [0.1, 0.15) is 56.2 Å². The summed E-state index contributed by atoms with van der Waals surface area (Å²) in [7, 11) is 0. The molecule has 0 unspecified atom stereocenters. The van der Waals surface area contributed by atoms with Gasteiger partial charge in [0.25, 0.3) is 5.91 Å². The van der Waals surface area contributed by atoms with Crippen molar-refractivity contribution in [3.05, 3.63) is 111 Å². The third-order valence-electron chi connectivity index (χ3n) is 9.39. The summed E-state index contributed by atoms with van der Waals surface area (Å²) in [6, 6.07) is 24.2. The fourth-order valence-corrected chi connectivity index (χ4v) is 7.63. The highest BCUT2D eigenvalue weighted by Crippen LogP contribution is 2.50. The van der Waals surface area contributed by atoms with Crippen LogP contribution in [0.2, 0.25) is 0 Å². The van der Waals surface area contributed by atoms with Crippen molar-refractivity contribution in [2.24, 2.45) is 0 Å². The maximum absolute atomic E-state index is 13.9. The molecule has 4 nitrogen and oxygen atoms in total. The van der Waals surface area contributed by atoms with Crippen LogP contribution < -0.4 is 4.31 Å². The Bertz CT molecular complexity index is 1650. The van der Waals surface area contributed by atoms with Gasteiger partial charge in [-0.05, 0) is 90.8 Å². The van der Waals surface area contributed by atoms with Crippen LogP contribution in [0.3, 0.4) is 0 Å². The van der Waals surface area contributed by atoms with E-state index in [4.69, 9.17) is 0 Å². The van der Waals surface area contributed by atoms with Crippen molar-refractivity contribution in [1.29, 1.82) is 0 Å². The second kappa shape index (κ2) is 12.2. The van der Waals surface area contributed by atoms with Crippen molar-refractivity contribution in [3.8, 4) is 22.3 Å². The van der Waals surface area contributed by atoms with E-state index in [1.807, 2.05) is 11.0 Å². The summed E-state index contributed by atoms with van der Waals surface area (Å²) in [6.07, 6.45) is 3.14. The van der Waals surface area contributed by atoms with Crippen LogP contribution in [-0.2, 0) is 19.5 Å². The predicted molar refractivity (Wildman–Crippen MR) is 183 cm³/mol. The predicted octanol–water partition coefficient (Wildman–Crippen LogP) is 8.37. The van der Waals surface area contributed by atoms with Gasteiger partial charge in [0.15, 0.2) is 0 Å². The Labute approximate surface area is 261 Å². The maximum Gasteiger partial charge on any atom is 0.253 e. The van der Waals surface area contributed by atoms with Gasteiger partial charge in [0.1, 0.15) is 0 Å². The molecule has 222 valence electrons. The number of fused-ring (bicyclic) bond motifs is 3. The third kappa shape index (κ3) is 5.61. The van der Waals surface area contributed by atoms with Crippen molar-refractivity contribution in [3.63, 3.8) is 0 Å². The first kappa shape index (κ1) is 29.5. The molecule has 1 fully saturated rings. The lowest BCUT2D eigenvalue weighted by atomic mass is 9.80. The van der Waals surface area contributed by atoms with Gasteiger partial charge in [0, 0.05) is 50.1 Å². The summed E-state index contributed by atoms with van der Waals surface area (Å²) in [5, 5.41) is 0. The van der Waals surface area contributed by atoms with E-state index >= 15 is 0 Å². The van der Waals surface area contributed by atoms with Gasteiger partial charge >= 0.3 is 0 Å². The summed E-state index contributed by atoms with van der Waals surface area (Å²) in [6.45, 7) is 16.2. The average molecular weight is 590 g/mol. The van der Waals surface area contributed by atoms with Crippen LogP contribution in [0.4, 0.5) is 5.69 Å². The lowest BCUT2D eigenvalue weighted by molar-refractivity contribution is 0.0628. The standard InChI is InChI=1S/C38H43N3OS/c1-7-33-27(4)37-36(28(5)35(33)30-14-10-26(3)11-15-30)34-22-31(16-17-32(34)24-41(37)43-6)38(42)40-20-18-39(19-21-40)23-29-12-8-25(2)9-13-29/h8-17,22H,7,18-21,23-24H2,1-6H3. The monoisotopic (exact) mass is 589 g/mol. The third-order valence-corrected chi connectivity index (χ3v) is 10.1. The molecule has 6 rings (SSSR count). The van der Waals surface area contributed by atoms with Gasteiger partial charge in [-0.25, -0.2) is 0 Å². The Hall–Kier alpha value is -3.54. The zero-order valence-electron chi connectivity index (χ0n) is 26.5. The number of hydrogen-bond donors (Lipinski definition) is 0. The number of carbonyl (C=O) groups is 1. The minimum Gasteiger partial charge on any atom is -0.336 e. The largest absolute Gasteiger partial charge is 0.336 e. The van der Waals surface area contributed by atoms with E-state index in [-0.39, 0.29) is 5.91 Å². The first-order chi connectivity index (χ1) is 20.8. The number of aryl methyl sites for hydroxylation is 2. The normalized spacial score (nSPS) is 14.9. The van der Waals surface area contributed by atoms with Gasteiger partial charge in [-0.15, -0.1) is 0 Å². The van der Waals surface area contributed by atoms with Crippen LogP contribution in [-0.4, -0.2) is 48.1 Å². The number of anilines is 1. The Morgan fingerprint density at radius 1 is 0.791 bits per heavy atom. The molecule has 2 aliphatic heterocycles. The smallest absolute Gasteiger partial charge is 0.253 e. The molecule has 0 spiro atoms. The van der Waals surface area contributed by atoms with Crippen molar-refractivity contribution in [2.45, 2.75) is 54.1 Å². The van der Waals surface area contributed by atoms with Crippen molar-refractivity contribution < 1.29 is 4.79 Å². The average Bonchev–Trinajstić information content (AvgIpc) is 3.03. The lowest BCUT2D eigenvalue weighted by Crippen LogP contribution is -2.48. The van der Waals surface area contributed by atoms with E-state index in [1.165, 1.54) is 66.9 Å². The van der Waals surface area contributed by atoms with Gasteiger partial charge in [0.05, 0.1) is 12.2 Å². The molecule has 0 aromatic heterocycles. The second-order valence-electron chi connectivity index (χ2n) is 12.2. The number of nitrogens with zero attached hydrogens (tertiary/aromatic N) is 3. The number of hydrogen-bond acceptors (Lipinski definition) is 4. The quantitative estimate of drug-likeness (QED) is 0.211. The Morgan fingerprint density at radius 2 is 1.44 bits per heavy atom. The molecule has 5 heteroatoms. The van der Waals surface area contributed by atoms with Gasteiger partial charge in [0.2, 0.25) is 0 Å². The summed E-state index contributed by atoms with van der Waals surface area (Å²) < 4.78 is 2.44. The van der Waals surface area contributed by atoms with E-state index in [1.54, 1.807) is 11.9 Å². The Morgan fingerprint density at radius 3 is 2.07 bits per heavy atom. The molecular weight excluding hydrogens is 547 g/mol. The minimum absolute atomic E-state index is 0.143. The number of amides is 1. The first-order valence-corrected chi connectivity index (χ1v) is 16.7. The Balaban J connectivity index is 1.33. The van der Waals surface area contributed by atoms with Crippen molar-refractivity contribution in [2.75, 3.05) is 36.7 Å². The molecule has 0 aliphatic carbocycles. The molecule has 0 N–H and O–H groups in total. The fraction of sp³-hybridized carbons (Fsp3) is 0.342. The van der Waals surface area contributed by atoms with Gasteiger partial charge < -0.3 is 9.21 Å². The fourth-order valence-electron chi connectivity index (χ4n) is 6.95. The van der Waals surface area contributed by atoms with Crippen LogP contribution in [0.5, 0.6) is 0 Å². The van der Waals surface area contributed by atoms with E-state index in [0.717, 1.165) is 51.3 Å². The molecule has 2 heterocycles. The molecule has 43 heavy (non-hydrogen) atoms. The topological polar surface area (TPSA) is 26.8 Å². The van der Waals surface area contributed by atoms with Crippen LogP contribution in [0, 0.1) is 27.7 Å². The summed E-state index contributed by atoms with van der Waals surface area (Å²) >= 11 is 1.79. The van der Waals surface area contributed by atoms with Gasteiger partial charge in [-0.3, -0.25) is 9.69 Å². The number of piperazine rings is 1. The molecule has 1 saturated heterocycles. The summed E-state index contributed by atoms with van der Waals surface area (Å²) in [5.74, 6) is 0.143. The molecule has 4 aromatic rings. The molecule has 4 aromatic carbocycles.